The number of hydrogen-bond donors (Lipinski definition) is 2. The fraction of sp³-hybridized carbons (Fsp3) is 0.929. The number of fused-ring (bicyclic) bond motifs is 1. The second kappa shape index (κ2) is 5.57. The Hall–Kier alpha value is -0.610. The Morgan fingerprint density at radius 1 is 1.39 bits per heavy atom. The smallest absolute Gasteiger partial charge is 0.225 e. The molecule has 4 nitrogen and oxygen atoms in total. The zero-order chi connectivity index (χ0) is 13.2. The lowest BCUT2D eigenvalue weighted by Crippen LogP contribution is -2.37. The monoisotopic (exact) mass is 253 g/mol. The molecule has 4 heteroatoms. The highest BCUT2D eigenvalue weighted by molar-refractivity contribution is 5.81. The van der Waals surface area contributed by atoms with Crippen molar-refractivity contribution in [3.05, 3.63) is 0 Å². The molecule has 0 bridgehead atoms. The molecule has 2 aliphatic rings. The molecule has 0 aromatic carbocycles. The highest BCUT2D eigenvalue weighted by Crippen LogP contribution is 2.24. The summed E-state index contributed by atoms with van der Waals surface area (Å²) >= 11 is 0. The van der Waals surface area contributed by atoms with Crippen molar-refractivity contribution in [2.24, 2.45) is 11.3 Å². The van der Waals surface area contributed by atoms with Gasteiger partial charge in [0.15, 0.2) is 0 Å². The molecule has 2 atom stereocenters. The Bertz CT molecular complexity index is 286. The van der Waals surface area contributed by atoms with Crippen LogP contribution < -0.4 is 10.6 Å². The number of likely N-dealkylation sites (tertiary alicyclic amines) is 1. The van der Waals surface area contributed by atoms with Gasteiger partial charge in [-0.25, -0.2) is 0 Å². The molecule has 104 valence electrons. The van der Waals surface area contributed by atoms with Gasteiger partial charge < -0.3 is 15.5 Å². The number of carbonyl (C=O) groups is 1. The topological polar surface area (TPSA) is 44.4 Å². The molecule has 0 saturated carbocycles. The van der Waals surface area contributed by atoms with Crippen LogP contribution in [0, 0.1) is 11.3 Å². The van der Waals surface area contributed by atoms with Crippen molar-refractivity contribution in [1.29, 1.82) is 0 Å². The lowest BCUT2D eigenvalue weighted by atomic mass is 9.96. The quantitative estimate of drug-likeness (QED) is 0.730. The van der Waals surface area contributed by atoms with Gasteiger partial charge in [-0.15, -0.1) is 0 Å². The summed E-state index contributed by atoms with van der Waals surface area (Å²) in [6.45, 7) is 11.4. The number of nitrogens with one attached hydrogen (secondary N) is 2. The van der Waals surface area contributed by atoms with E-state index in [0.717, 1.165) is 31.5 Å². The lowest BCUT2D eigenvalue weighted by Gasteiger charge is -2.19. The number of hydrogen-bond acceptors (Lipinski definition) is 3. The number of nitrogens with zero attached hydrogens (tertiary/aromatic N) is 1. The van der Waals surface area contributed by atoms with E-state index in [0.29, 0.717) is 0 Å². The van der Waals surface area contributed by atoms with E-state index in [-0.39, 0.29) is 11.3 Å². The summed E-state index contributed by atoms with van der Waals surface area (Å²) < 4.78 is 0. The molecule has 2 fully saturated rings. The summed E-state index contributed by atoms with van der Waals surface area (Å²) in [5, 5.41) is 6.58. The van der Waals surface area contributed by atoms with Gasteiger partial charge in [0.2, 0.25) is 5.91 Å². The predicted molar refractivity (Wildman–Crippen MR) is 73.4 cm³/mol. The van der Waals surface area contributed by atoms with Gasteiger partial charge in [0.1, 0.15) is 0 Å². The molecule has 2 aliphatic heterocycles. The highest BCUT2D eigenvalue weighted by Gasteiger charge is 2.35. The number of amides is 1. The van der Waals surface area contributed by atoms with E-state index < -0.39 is 0 Å². The molecule has 0 spiro atoms. The van der Waals surface area contributed by atoms with Crippen molar-refractivity contribution in [3.8, 4) is 0 Å². The summed E-state index contributed by atoms with van der Waals surface area (Å²) in [6, 6.07) is 0.731. The van der Waals surface area contributed by atoms with Gasteiger partial charge in [-0.1, -0.05) is 20.8 Å². The van der Waals surface area contributed by atoms with Crippen LogP contribution in [0.4, 0.5) is 0 Å². The molecule has 0 radical (unpaired) electrons. The Morgan fingerprint density at radius 3 is 2.83 bits per heavy atom. The Morgan fingerprint density at radius 2 is 2.17 bits per heavy atom. The van der Waals surface area contributed by atoms with Crippen LogP contribution >= 0.6 is 0 Å². The Balaban J connectivity index is 1.58. The van der Waals surface area contributed by atoms with Crippen molar-refractivity contribution >= 4 is 5.91 Å². The highest BCUT2D eigenvalue weighted by atomic mass is 16.2. The maximum Gasteiger partial charge on any atom is 0.225 e. The van der Waals surface area contributed by atoms with E-state index >= 15 is 0 Å². The molecule has 0 aromatic rings. The van der Waals surface area contributed by atoms with Crippen molar-refractivity contribution < 1.29 is 4.79 Å². The second-order valence-electron chi connectivity index (χ2n) is 6.73. The lowest BCUT2D eigenvalue weighted by molar-refractivity contribution is -0.128. The predicted octanol–water partition coefficient (Wildman–Crippen LogP) is 0.833. The molecular formula is C14H27N3O. The third kappa shape index (κ3) is 3.45. The van der Waals surface area contributed by atoms with Gasteiger partial charge in [0, 0.05) is 31.1 Å². The number of rotatable bonds is 4. The molecule has 0 aliphatic carbocycles. The molecule has 2 saturated heterocycles. The minimum atomic E-state index is -0.269. The van der Waals surface area contributed by atoms with Gasteiger partial charge in [-0.05, 0) is 31.8 Å². The molecular weight excluding hydrogens is 226 g/mol. The van der Waals surface area contributed by atoms with Gasteiger partial charge in [-0.2, -0.15) is 0 Å². The van der Waals surface area contributed by atoms with Gasteiger partial charge >= 0.3 is 0 Å². The van der Waals surface area contributed by atoms with Crippen LogP contribution in [0.15, 0.2) is 0 Å². The summed E-state index contributed by atoms with van der Waals surface area (Å²) in [4.78, 5) is 14.2. The van der Waals surface area contributed by atoms with Crippen molar-refractivity contribution in [2.45, 2.75) is 39.7 Å². The molecule has 0 aromatic heterocycles. The summed E-state index contributed by atoms with van der Waals surface area (Å²) in [5.41, 5.74) is -0.269. The van der Waals surface area contributed by atoms with Crippen LogP contribution in [0.25, 0.3) is 0 Å². The van der Waals surface area contributed by atoms with Crippen molar-refractivity contribution in [2.75, 3.05) is 32.7 Å². The first-order valence-electron chi connectivity index (χ1n) is 7.21. The van der Waals surface area contributed by atoms with Crippen molar-refractivity contribution in [1.82, 2.24) is 15.5 Å². The van der Waals surface area contributed by atoms with Crippen LogP contribution in [0.3, 0.4) is 0 Å². The first kappa shape index (κ1) is 13.8. The van der Waals surface area contributed by atoms with Crippen LogP contribution in [-0.4, -0.2) is 49.6 Å². The van der Waals surface area contributed by atoms with Gasteiger partial charge in [-0.3, -0.25) is 4.79 Å². The molecule has 1 amide bonds. The maximum absolute atomic E-state index is 11.7. The SMILES string of the molecule is CC(C)(C)C(=O)NCCCN1C[C@@H]2CCN[C@@H]2C1. The van der Waals surface area contributed by atoms with Gasteiger partial charge in [0.25, 0.3) is 0 Å². The van der Waals surface area contributed by atoms with E-state index in [2.05, 4.69) is 15.5 Å². The first-order chi connectivity index (χ1) is 8.47. The third-order valence-corrected chi connectivity index (χ3v) is 4.06. The van der Waals surface area contributed by atoms with Crippen LogP contribution in [0.1, 0.15) is 33.6 Å². The van der Waals surface area contributed by atoms with E-state index in [1.165, 1.54) is 26.1 Å². The zero-order valence-corrected chi connectivity index (χ0v) is 12.0. The third-order valence-electron chi connectivity index (χ3n) is 4.06. The van der Waals surface area contributed by atoms with Crippen LogP contribution in [0.2, 0.25) is 0 Å². The Kier molecular flexibility index (Phi) is 4.28. The normalized spacial score (nSPS) is 28.4. The van der Waals surface area contributed by atoms with E-state index in [9.17, 15) is 4.79 Å². The fourth-order valence-corrected chi connectivity index (χ4v) is 2.89. The first-order valence-corrected chi connectivity index (χ1v) is 7.21. The van der Waals surface area contributed by atoms with Crippen molar-refractivity contribution in [3.63, 3.8) is 0 Å². The zero-order valence-electron chi connectivity index (χ0n) is 12.0. The standard InChI is InChI=1S/C14H27N3O/c1-14(2,3)13(18)16-6-4-8-17-9-11-5-7-15-12(11)10-17/h11-12,15H,4-10H2,1-3H3,(H,16,18)/t11-,12+/m0/s1. The molecule has 0 unspecified atom stereocenters. The average Bonchev–Trinajstić information content (AvgIpc) is 2.82. The van der Waals surface area contributed by atoms with E-state index in [4.69, 9.17) is 0 Å². The summed E-state index contributed by atoms with van der Waals surface area (Å²) in [5.74, 6) is 1.02. The Labute approximate surface area is 110 Å². The molecule has 2 heterocycles. The second-order valence-corrected chi connectivity index (χ2v) is 6.73. The maximum atomic E-state index is 11.7. The summed E-state index contributed by atoms with van der Waals surface area (Å²) in [6.07, 6.45) is 2.39. The molecule has 2 N–H and O–H groups in total. The van der Waals surface area contributed by atoms with E-state index in [1.54, 1.807) is 0 Å². The van der Waals surface area contributed by atoms with Gasteiger partial charge in [0.05, 0.1) is 0 Å². The van der Waals surface area contributed by atoms with E-state index in [1.807, 2.05) is 20.8 Å². The molecule has 2 rings (SSSR count). The summed E-state index contributed by atoms with van der Waals surface area (Å²) in [7, 11) is 0. The van der Waals surface area contributed by atoms with Crippen LogP contribution in [0.5, 0.6) is 0 Å². The average molecular weight is 253 g/mol. The number of carbonyl (C=O) groups excluding carboxylic acids is 1. The molecule has 18 heavy (non-hydrogen) atoms. The largest absolute Gasteiger partial charge is 0.356 e. The minimum absolute atomic E-state index is 0.155. The minimum Gasteiger partial charge on any atom is -0.356 e. The van der Waals surface area contributed by atoms with Crippen LogP contribution in [-0.2, 0) is 4.79 Å². The fourth-order valence-electron chi connectivity index (χ4n) is 2.89.